The highest BCUT2D eigenvalue weighted by molar-refractivity contribution is 5.34. The lowest BCUT2D eigenvalue weighted by Crippen LogP contribution is -2.75. The summed E-state index contributed by atoms with van der Waals surface area (Å²) in [5.41, 5.74) is 0.432. The van der Waals surface area contributed by atoms with E-state index in [0.717, 1.165) is 12.8 Å². The molecule has 1 heterocycles. The zero-order chi connectivity index (χ0) is 13.7. The molecule has 1 spiro atoms. The zero-order valence-corrected chi connectivity index (χ0v) is 12.5. The molecule has 4 aliphatic carbocycles. The van der Waals surface area contributed by atoms with Gasteiger partial charge in [-0.3, -0.25) is 0 Å². The summed E-state index contributed by atoms with van der Waals surface area (Å²) in [6, 6.07) is 0. The average Bonchev–Trinajstić information content (AvgIpc) is 2.71. The summed E-state index contributed by atoms with van der Waals surface area (Å²) in [4.78, 5) is 0. The van der Waals surface area contributed by atoms with Crippen molar-refractivity contribution < 1.29 is 14.6 Å². The van der Waals surface area contributed by atoms with E-state index in [9.17, 15) is 5.11 Å². The number of hydrogen-bond donors (Lipinski definition) is 1. The molecular formula is C16H26O3. The van der Waals surface area contributed by atoms with Crippen molar-refractivity contribution in [3.05, 3.63) is 0 Å². The minimum atomic E-state index is -0.466. The van der Waals surface area contributed by atoms with E-state index < -0.39 is 5.79 Å². The number of hydrogen-bond acceptors (Lipinski definition) is 3. The van der Waals surface area contributed by atoms with E-state index in [4.69, 9.17) is 9.47 Å². The first-order valence-corrected chi connectivity index (χ1v) is 7.81. The summed E-state index contributed by atoms with van der Waals surface area (Å²) < 4.78 is 12.6. The van der Waals surface area contributed by atoms with Crippen molar-refractivity contribution >= 4 is 0 Å². The van der Waals surface area contributed by atoms with Crippen LogP contribution in [0.4, 0.5) is 0 Å². The second-order valence-corrected chi connectivity index (χ2v) is 8.01. The van der Waals surface area contributed by atoms with Crippen LogP contribution >= 0.6 is 0 Å². The second kappa shape index (κ2) is 3.20. The molecule has 5 aliphatic rings. The van der Waals surface area contributed by atoms with Gasteiger partial charge < -0.3 is 14.6 Å². The Morgan fingerprint density at radius 1 is 1.16 bits per heavy atom. The van der Waals surface area contributed by atoms with E-state index in [1.807, 2.05) is 13.8 Å². The highest BCUT2D eigenvalue weighted by Crippen LogP contribution is 2.86. The van der Waals surface area contributed by atoms with Gasteiger partial charge >= 0.3 is 0 Å². The Bertz CT molecular complexity index is 434. The fraction of sp³-hybridized carbons (Fsp3) is 1.00. The van der Waals surface area contributed by atoms with Crippen LogP contribution < -0.4 is 0 Å². The van der Waals surface area contributed by atoms with Crippen LogP contribution in [0, 0.1) is 22.2 Å². The summed E-state index contributed by atoms with van der Waals surface area (Å²) in [5, 5.41) is 10.1. The molecule has 1 saturated heterocycles. The maximum Gasteiger partial charge on any atom is 0.163 e. The predicted octanol–water partition coefficient (Wildman–Crippen LogP) is 2.72. The number of aliphatic hydroxyl groups excluding tert-OH is 1. The monoisotopic (exact) mass is 266 g/mol. The van der Waals surface area contributed by atoms with E-state index in [-0.39, 0.29) is 22.3 Å². The van der Waals surface area contributed by atoms with Crippen molar-refractivity contribution in [1.29, 1.82) is 0 Å². The van der Waals surface area contributed by atoms with E-state index in [2.05, 4.69) is 13.8 Å². The van der Waals surface area contributed by atoms with Gasteiger partial charge in [0.1, 0.15) is 0 Å². The molecule has 5 rings (SSSR count). The molecule has 6 atom stereocenters. The lowest BCUT2D eigenvalue weighted by Gasteiger charge is -2.74. The van der Waals surface area contributed by atoms with Gasteiger partial charge in [0, 0.05) is 17.4 Å². The Morgan fingerprint density at radius 2 is 1.84 bits per heavy atom. The molecule has 3 nitrogen and oxygen atoms in total. The van der Waals surface area contributed by atoms with Crippen LogP contribution in [0.1, 0.15) is 53.4 Å². The molecule has 1 aliphatic heterocycles. The summed E-state index contributed by atoms with van der Waals surface area (Å²) in [7, 11) is 0. The van der Waals surface area contributed by atoms with Crippen molar-refractivity contribution in [1.82, 2.24) is 0 Å². The van der Waals surface area contributed by atoms with E-state index in [1.165, 1.54) is 12.8 Å². The maximum absolute atomic E-state index is 10.1. The van der Waals surface area contributed by atoms with Crippen molar-refractivity contribution in [3.8, 4) is 0 Å². The number of aliphatic hydroxyl groups is 1. The molecule has 0 aromatic carbocycles. The third kappa shape index (κ3) is 1.01. The average molecular weight is 266 g/mol. The summed E-state index contributed by atoms with van der Waals surface area (Å²) in [5.74, 6) is 0.0496. The van der Waals surface area contributed by atoms with Gasteiger partial charge in [0.05, 0.1) is 12.2 Å². The zero-order valence-electron chi connectivity index (χ0n) is 12.5. The molecule has 5 fully saturated rings. The maximum atomic E-state index is 10.1. The van der Waals surface area contributed by atoms with Crippen LogP contribution in [-0.4, -0.2) is 29.7 Å². The van der Waals surface area contributed by atoms with Gasteiger partial charge in [0.15, 0.2) is 5.79 Å². The molecule has 1 N–H and O–H groups in total. The standard InChI is InChI=1S/C16H26O3/c1-10-15(9-17)8-12-16(10)11(18-13(2,3)19-12)6-5-7-14(15,16)4/h10-12,17H,5-9H2,1-4H3/t10?,11-,12+,14+,15+,16+/m1/s1. The van der Waals surface area contributed by atoms with Crippen molar-refractivity contribution in [3.63, 3.8) is 0 Å². The third-order valence-electron chi connectivity index (χ3n) is 7.49. The van der Waals surface area contributed by atoms with Crippen molar-refractivity contribution in [2.45, 2.75) is 71.4 Å². The van der Waals surface area contributed by atoms with Gasteiger partial charge in [-0.1, -0.05) is 20.3 Å². The minimum Gasteiger partial charge on any atom is -0.396 e. The minimum absolute atomic E-state index is 0.0696. The van der Waals surface area contributed by atoms with Gasteiger partial charge in [-0.15, -0.1) is 0 Å². The topological polar surface area (TPSA) is 38.7 Å². The van der Waals surface area contributed by atoms with Crippen LogP contribution in [0.3, 0.4) is 0 Å². The quantitative estimate of drug-likeness (QED) is 0.793. The van der Waals surface area contributed by atoms with Gasteiger partial charge in [0.25, 0.3) is 0 Å². The molecule has 108 valence electrons. The smallest absolute Gasteiger partial charge is 0.163 e. The molecule has 3 heteroatoms. The lowest BCUT2D eigenvalue weighted by atomic mass is 9.32. The van der Waals surface area contributed by atoms with Crippen molar-refractivity contribution in [2.75, 3.05) is 6.61 Å². The van der Waals surface area contributed by atoms with Crippen LogP contribution in [0.2, 0.25) is 0 Å². The molecule has 0 radical (unpaired) electrons. The lowest BCUT2D eigenvalue weighted by molar-refractivity contribution is -0.403. The number of rotatable bonds is 1. The third-order valence-corrected chi connectivity index (χ3v) is 7.49. The van der Waals surface area contributed by atoms with E-state index in [0.29, 0.717) is 18.6 Å². The molecule has 4 saturated carbocycles. The van der Waals surface area contributed by atoms with Gasteiger partial charge in [0.2, 0.25) is 0 Å². The summed E-state index contributed by atoms with van der Waals surface area (Å²) in [6.07, 6.45) is 5.21. The Morgan fingerprint density at radius 3 is 2.53 bits per heavy atom. The number of ether oxygens (including phenoxy) is 2. The van der Waals surface area contributed by atoms with Crippen LogP contribution in [-0.2, 0) is 9.47 Å². The molecule has 19 heavy (non-hydrogen) atoms. The molecular weight excluding hydrogens is 240 g/mol. The molecule has 0 amide bonds. The summed E-state index contributed by atoms with van der Waals surface area (Å²) in [6.45, 7) is 9.09. The SMILES string of the molecule is CC1[C@@]2(CO)C[C@@H]3OC(C)(C)O[C@@H]4CCC[C@]2(C)[C@]134. The highest BCUT2D eigenvalue weighted by atomic mass is 16.7. The van der Waals surface area contributed by atoms with Gasteiger partial charge in [-0.05, 0) is 44.4 Å². The molecule has 2 bridgehead atoms. The van der Waals surface area contributed by atoms with Crippen LogP contribution in [0.25, 0.3) is 0 Å². The highest BCUT2D eigenvalue weighted by Gasteiger charge is 2.87. The van der Waals surface area contributed by atoms with Crippen molar-refractivity contribution in [2.24, 2.45) is 22.2 Å². The Kier molecular flexibility index (Phi) is 2.13. The largest absolute Gasteiger partial charge is 0.396 e. The van der Waals surface area contributed by atoms with E-state index in [1.54, 1.807) is 0 Å². The first-order valence-electron chi connectivity index (χ1n) is 7.81. The molecule has 0 aromatic heterocycles. The molecule has 1 unspecified atom stereocenters. The Labute approximate surface area is 115 Å². The molecule has 0 aromatic rings. The summed E-state index contributed by atoms with van der Waals surface area (Å²) >= 11 is 0. The van der Waals surface area contributed by atoms with Crippen LogP contribution in [0.5, 0.6) is 0 Å². The second-order valence-electron chi connectivity index (χ2n) is 8.01. The van der Waals surface area contributed by atoms with Crippen LogP contribution in [0.15, 0.2) is 0 Å². The fourth-order valence-electron chi connectivity index (χ4n) is 6.87. The van der Waals surface area contributed by atoms with Gasteiger partial charge in [-0.25, -0.2) is 0 Å². The first-order chi connectivity index (χ1) is 8.84. The Hall–Kier alpha value is -0.120. The fourth-order valence-corrected chi connectivity index (χ4v) is 6.87. The predicted molar refractivity (Wildman–Crippen MR) is 71.5 cm³/mol. The van der Waals surface area contributed by atoms with E-state index >= 15 is 0 Å². The first kappa shape index (κ1) is 12.6. The Balaban J connectivity index is 1.86. The normalized spacial score (nSPS) is 61.4. The van der Waals surface area contributed by atoms with Gasteiger partial charge in [-0.2, -0.15) is 0 Å².